The minimum atomic E-state index is -0.528. The highest BCUT2D eigenvalue weighted by molar-refractivity contribution is 6.45. The molecule has 0 aliphatic carbocycles. The zero-order valence-corrected chi connectivity index (χ0v) is 16.9. The second kappa shape index (κ2) is 9.15. The molecule has 0 atom stereocenters. The van der Waals surface area contributed by atoms with Gasteiger partial charge in [0.25, 0.3) is 5.91 Å². The summed E-state index contributed by atoms with van der Waals surface area (Å²) in [5.74, 6) is -0.528. The van der Waals surface area contributed by atoms with Crippen molar-refractivity contribution < 1.29 is 4.79 Å². The van der Waals surface area contributed by atoms with E-state index in [1.807, 2.05) is 6.92 Å². The Hall–Kier alpha value is -0.910. The third-order valence-electron chi connectivity index (χ3n) is 3.29. The molecular weight excluding hydrogens is 427 g/mol. The van der Waals surface area contributed by atoms with Gasteiger partial charge in [-0.05, 0) is 24.6 Å². The van der Waals surface area contributed by atoms with Crippen LogP contribution in [0.2, 0.25) is 25.4 Å². The standard InChI is InChI=1S/C16H14Cl5N3O/c1-2-3-6-22-13-11(14(20)24-15(21)12(13)19)16(25)23-10-7-8(17)4-5-9(10)18/h4-5,7H,2-3,6H2,1H3,(H,22,24)(H,23,25). The molecule has 0 aliphatic rings. The summed E-state index contributed by atoms with van der Waals surface area (Å²) in [5.41, 5.74) is 0.764. The summed E-state index contributed by atoms with van der Waals surface area (Å²) in [6, 6.07) is 4.73. The van der Waals surface area contributed by atoms with Crippen LogP contribution in [0.4, 0.5) is 11.4 Å². The number of pyridine rings is 1. The monoisotopic (exact) mass is 439 g/mol. The van der Waals surface area contributed by atoms with Gasteiger partial charge < -0.3 is 10.6 Å². The largest absolute Gasteiger partial charge is 0.383 e. The van der Waals surface area contributed by atoms with Crippen molar-refractivity contribution in [2.45, 2.75) is 19.8 Å². The molecule has 134 valence electrons. The highest BCUT2D eigenvalue weighted by Gasteiger charge is 2.23. The van der Waals surface area contributed by atoms with E-state index in [1.54, 1.807) is 12.1 Å². The number of carbonyl (C=O) groups is 1. The number of anilines is 2. The summed E-state index contributed by atoms with van der Waals surface area (Å²) in [5, 5.41) is 6.61. The lowest BCUT2D eigenvalue weighted by atomic mass is 10.2. The SMILES string of the molecule is CCCCNc1c(Cl)c(Cl)nc(Cl)c1C(=O)Nc1cc(Cl)ccc1Cl. The quantitative estimate of drug-likeness (QED) is 0.382. The number of hydrogen-bond donors (Lipinski definition) is 2. The Bertz CT molecular complexity index is 798. The molecule has 0 radical (unpaired) electrons. The first kappa shape index (κ1) is 20.4. The third kappa shape index (κ3) is 5.05. The number of unbranched alkanes of at least 4 members (excludes halogenated alkanes) is 1. The van der Waals surface area contributed by atoms with Crippen LogP contribution in [0, 0.1) is 0 Å². The smallest absolute Gasteiger partial charge is 0.261 e. The Labute approximate surface area is 170 Å². The zero-order valence-electron chi connectivity index (χ0n) is 13.1. The molecule has 0 bridgehead atoms. The van der Waals surface area contributed by atoms with Crippen LogP contribution in [0.1, 0.15) is 30.1 Å². The minimum absolute atomic E-state index is 0.0167. The Kier molecular flexibility index (Phi) is 7.47. The van der Waals surface area contributed by atoms with Gasteiger partial charge in [0.15, 0.2) is 5.15 Å². The molecule has 0 saturated carbocycles. The average Bonchev–Trinajstić information content (AvgIpc) is 2.55. The Balaban J connectivity index is 2.40. The number of amides is 1. The van der Waals surface area contributed by atoms with Crippen molar-refractivity contribution in [2.75, 3.05) is 17.2 Å². The van der Waals surface area contributed by atoms with Crippen molar-refractivity contribution in [1.29, 1.82) is 0 Å². The lowest BCUT2D eigenvalue weighted by Gasteiger charge is -2.16. The van der Waals surface area contributed by atoms with Gasteiger partial charge in [-0.1, -0.05) is 71.3 Å². The fourth-order valence-electron chi connectivity index (χ4n) is 2.05. The fraction of sp³-hybridized carbons (Fsp3) is 0.250. The van der Waals surface area contributed by atoms with Crippen molar-refractivity contribution >= 4 is 75.3 Å². The number of nitrogens with zero attached hydrogens (tertiary/aromatic N) is 1. The van der Waals surface area contributed by atoms with Crippen LogP contribution in [-0.4, -0.2) is 17.4 Å². The molecule has 1 aromatic carbocycles. The number of nitrogens with one attached hydrogen (secondary N) is 2. The van der Waals surface area contributed by atoms with E-state index in [0.717, 1.165) is 12.8 Å². The van der Waals surface area contributed by atoms with Crippen molar-refractivity contribution in [1.82, 2.24) is 4.98 Å². The first-order chi connectivity index (χ1) is 11.8. The molecule has 0 spiro atoms. The molecule has 2 N–H and O–H groups in total. The van der Waals surface area contributed by atoms with Gasteiger partial charge in [0.2, 0.25) is 0 Å². The normalized spacial score (nSPS) is 10.6. The number of carbonyl (C=O) groups excluding carboxylic acids is 1. The molecule has 2 aromatic rings. The van der Waals surface area contributed by atoms with Crippen molar-refractivity contribution in [3.05, 3.63) is 49.1 Å². The van der Waals surface area contributed by atoms with Gasteiger partial charge in [-0.25, -0.2) is 4.98 Å². The van der Waals surface area contributed by atoms with Crippen LogP contribution in [0.25, 0.3) is 0 Å². The van der Waals surface area contributed by atoms with Gasteiger partial charge in [0.05, 0.1) is 16.4 Å². The number of hydrogen-bond acceptors (Lipinski definition) is 3. The zero-order chi connectivity index (χ0) is 18.6. The van der Waals surface area contributed by atoms with Crippen LogP contribution < -0.4 is 10.6 Å². The molecule has 4 nitrogen and oxygen atoms in total. The second-order valence-electron chi connectivity index (χ2n) is 5.12. The molecular formula is C16H14Cl5N3O. The van der Waals surface area contributed by atoms with Gasteiger partial charge in [-0.3, -0.25) is 4.79 Å². The summed E-state index contributed by atoms with van der Waals surface area (Å²) in [4.78, 5) is 16.6. The first-order valence-corrected chi connectivity index (χ1v) is 9.28. The van der Waals surface area contributed by atoms with E-state index in [-0.39, 0.29) is 20.9 Å². The van der Waals surface area contributed by atoms with Crippen LogP contribution in [0.15, 0.2) is 18.2 Å². The minimum Gasteiger partial charge on any atom is -0.383 e. The molecule has 9 heteroatoms. The Morgan fingerprint density at radius 2 is 1.84 bits per heavy atom. The van der Waals surface area contributed by atoms with E-state index in [0.29, 0.717) is 28.0 Å². The molecule has 25 heavy (non-hydrogen) atoms. The van der Waals surface area contributed by atoms with Crippen LogP contribution >= 0.6 is 58.0 Å². The van der Waals surface area contributed by atoms with E-state index in [4.69, 9.17) is 58.0 Å². The lowest BCUT2D eigenvalue weighted by Crippen LogP contribution is -2.17. The highest BCUT2D eigenvalue weighted by atomic mass is 35.5. The average molecular weight is 442 g/mol. The molecule has 1 heterocycles. The topological polar surface area (TPSA) is 54.0 Å². The van der Waals surface area contributed by atoms with E-state index in [9.17, 15) is 4.79 Å². The van der Waals surface area contributed by atoms with E-state index in [1.165, 1.54) is 6.07 Å². The molecule has 1 amide bonds. The predicted molar refractivity (Wildman–Crippen MR) is 107 cm³/mol. The molecule has 2 rings (SSSR count). The summed E-state index contributed by atoms with van der Waals surface area (Å²) < 4.78 is 0. The lowest BCUT2D eigenvalue weighted by molar-refractivity contribution is 0.102. The van der Waals surface area contributed by atoms with Crippen LogP contribution in [0.5, 0.6) is 0 Å². The van der Waals surface area contributed by atoms with Gasteiger partial charge in [0, 0.05) is 11.6 Å². The summed E-state index contributed by atoms with van der Waals surface area (Å²) in [6.07, 6.45) is 1.85. The fourth-order valence-corrected chi connectivity index (χ4v) is 3.08. The molecule has 0 fully saturated rings. The van der Waals surface area contributed by atoms with E-state index >= 15 is 0 Å². The molecule has 0 saturated heterocycles. The summed E-state index contributed by atoms with van der Waals surface area (Å²) in [6.45, 7) is 2.65. The molecule has 0 unspecified atom stereocenters. The molecule has 1 aromatic heterocycles. The van der Waals surface area contributed by atoms with Crippen molar-refractivity contribution in [3.8, 4) is 0 Å². The second-order valence-corrected chi connectivity index (χ2v) is 7.05. The number of benzene rings is 1. The van der Waals surface area contributed by atoms with Crippen molar-refractivity contribution in [2.24, 2.45) is 0 Å². The third-order valence-corrected chi connectivity index (χ3v) is 4.87. The maximum absolute atomic E-state index is 12.7. The predicted octanol–water partition coefficient (Wildman–Crippen LogP) is 6.81. The van der Waals surface area contributed by atoms with Gasteiger partial charge in [-0.15, -0.1) is 0 Å². The summed E-state index contributed by atoms with van der Waals surface area (Å²) in [7, 11) is 0. The Morgan fingerprint density at radius 3 is 2.52 bits per heavy atom. The van der Waals surface area contributed by atoms with Gasteiger partial charge >= 0.3 is 0 Å². The van der Waals surface area contributed by atoms with E-state index in [2.05, 4.69) is 15.6 Å². The molecule has 0 aliphatic heterocycles. The van der Waals surface area contributed by atoms with Crippen LogP contribution in [-0.2, 0) is 0 Å². The van der Waals surface area contributed by atoms with Crippen LogP contribution in [0.3, 0.4) is 0 Å². The number of aromatic nitrogens is 1. The van der Waals surface area contributed by atoms with E-state index < -0.39 is 5.91 Å². The van der Waals surface area contributed by atoms with Gasteiger partial charge in [-0.2, -0.15) is 0 Å². The maximum Gasteiger partial charge on any atom is 0.261 e. The summed E-state index contributed by atoms with van der Waals surface area (Å²) >= 11 is 30.3. The number of rotatable bonds is 6. The Morgan fingerprint density at radius 1 is 1.12 bits per heavy atom. The first-order valence-electron chi connectivity index (χ1n) is 7.39. The maximum atomic E-state index is 12.7. The number of halogens is 5. The van der Waals surface area contributed by atoms with Crippen molar-refractivity contribution in [3.63, 3.8) is 0 Å². The van der Waals surface area contributed by atoms with Gasteiger partial charge in [0.1, 0.15) is 15.7 Å². The highest BCUT2D eigenvalue weighted by Crippen LogP contribution is 2.36.